The molecule has 5 heteroatoms. The summed E-state index contributed by atoms with van der Waals surface area (Å²) in [4.78, 5) is 0. The molecular weight excluding hydrogens is 143 g/mol. The van der Waals surface area contributed by atoms with Gasteiger partial charge in [0, 0.05) is 0 Å². The summed E-state index contributed by atoms with van der Waals surface area (Å²) in [6.07, 6.45) is -5.26. The Morgan fingerprint density at radius 3 is 2.00 bits per heavy atom. The largest absolute Gasteiger partial charge is 0.387 e. The van der Waals surface area contributed by atoms with E-state index in [0.29, 0.717) is 0 Å². The van der Waals surface area contributed by atoms with Gasteiger partial charge in [-0.15, -0.1) is 0 Å². The Morgan fingerprint density at radius 1 is 1.20 bits per heavy atom. The minimum absolute atomic E-state index is 0.907. The van der Waals surface area contributed by atoms with Gasteiger partial charge in [-0.05, 0) is 0 Å². The average molecular weight is 152 g/mol. The molecule has 1 heterocycles. The molecule has 0 radical (unpaired) electrons. The molecule has 10 heavy (non-hydrogen) atoms. The van der Waals surface area contributed by atoms with Crippen LogP contribution in [0.15, 0.2) is 0 Å². The van der Waals surface area contributed by atoms with Crippen LogP contribution in [-0.4, -0.2) is 46.6 Å². The molecule has 0 spiro atoms. The minimum atomic E-state index is -1.46. The number of rotatable bonds is 1. The Kier molecular flexibility index (Phi) is 2.20. The summed E-state index contributed by atoms with van der Waals surface area (Å²) >= 11 is 0. The van der Waals surface area contributed by atoms with Crippen molar-refractivity contribution in [3.63, 3.8) is 0 Å². The second-order valence-corrected chi connectivity index (χ2v) is 2.20. The highest BCUT2D eigenvalue weighted by Gasteiger charge is 2.41. The first kappa shape index (κ1) is 7.87. The fraction of sp³-hybridized carbons (Fsp3) is 1.00. The zero-order chi connectivity index (χ0) is 7.72. The van der Waals surface area contributed by atoms with Crippen LogP contribution < -0.4 is 0 Å². The molecule has 1 fully saturated rings. The zero-order valence-electron chi connectivity index (χ0n) is 5.14. The molecule has 0 aromatic carbocycles. The molecule has 0 aromatic heterocycles. The number of aliphatic hydroxyl groups is 3. The van der Waals surface area contributed by atoms with Crippen molar-refractivity contribution in [3.05, 3.63) is 0 Å². The van der Waals surface area contributed by atoms with E-state index >= 15 is 0 Å². The molecule has 3 N–H and O–H groups in total. The first-order valence-electron chi connectivity index (χ1n) is 2.92. The van der Waals surface area contributed by atoms with Gasteiger partial charge in [0.2, 0.25) is 0 Å². The van der Waals surface area contributed by atoms with Gasteiger partial charge in [0.1, 0.15) is 25.0 Å². The number of hydrogen-bond donors (Lipinski definition) is 3. The van der Waals surface area contributed by atoms with E-state index in [0.717, 1.165) is 0 Å². The van der Waals surface area contributed by atoms with Crippen molar-refractivity contribution in [2.45, 2.75) is 24.6 Å². The molecule has 1 saturated heterocycles. The van der Waals surface area contributed by atoms with E-state index < -0.39 is 31.3 Å². The lowest BCUT2D eigenvalue weighted by Gasteiger charge is -2.08. The van der Waals surface area contributed by atoms with Crippen molar-refractivity contribution in [2.24, 2.45) is 0 Å². The normalized spacial score (nSPS) is 48.0. The molecule has 60 valence electrons. The van der Waals surface area contributed by atoms with Crippen molar-refractivity contribution >= 4 is 0 Å². The Hall–Kier alpha value is -0.230. The van der Waals surface area contributed by atoms with Gasteiger partial charge in [-0.1, -0.05) is 0 Å². The Balaban J connectivity index is 2.53. The van der Waals surface area contributed by atoms with E-state index in [-0.39, 0.29) is 0 Å². The summed E-state index contributed by atoms with van der Waals surface area (Å²) in [5, 5.41) is 26.3. The molecule has 0 amide bonds. The second kappa shape index (κ2) is 2.79. The summed E-state index contributed by atoms with van der Waals surface area (Å²) < 4.78 is 16.2. The lowest BCUT2D eigenvalue weighted by atomic mass is 10.1. The monoisotopic (exact) mass is 152 g/mol. The number of halogens is 1. The Morgan fingerprint density at radius 2 is 1.80 bits per heavy atom. The zero-order valence-corrected chi connectivity index (χ0v) is 5.14. The van der Waals surface area contributed by atoms with Gasteiger partial charge in [0.25, 0.3) is 0 Å². The third kappa shape index (κ3) is 1.13. The second-order valence-electron chi connectivity index (χ2n) is 2.20. The molecule has 0 unspecified atom stereocenters. The molecular formula is C5H9FO4. The van der Waals surface area contributed by atoms with Crippen molar-refractivity contribution in [3.8, 4) is 0 Å². The van der Waals surface area contributed by atoms with E-state index in [9.17, 15) is 4.39 Å². The number of hydrogen-bond acceptors (Lipinski definition) is 4. The Labute approximate surface area is 56.9 Å². The van der Waals surface area contributed by atoms with E-state index in [4.69, 9.17) is 15.3 Å². The molecule has 4 atom stereocenters. The molecule has 1 aliphatic heterocycles. The van der Waals surface area contributed by atoms with Gasteiger partial charge >= 0.3 is 0 Å². The predicted octanol–water partition coefficient (Wildman–Crippen LogP) is -1.61. The van der Waals surface area contributed by atoms with Crippen LogP contribution in [0.3, 0.4) is 0 Å². The lowest BCUT2D eigenvalue weighted by Crippen LogP contribution is -2.33. The van der Waals surface area contributed by atoms with E-state index in [1.54, 1.807) is 0 Å². The number of aliphatic hydroxyl groups excluding tert-OH is 3. The molecule has 4 nitrogen and oxygen atoms in total. The quantitative estimate of drug-likeness (QED) is 0.423. The van der Waals surface area contributed by atoms with Crippen LogP contribution >= 0.6 is 0 Å². The standard InChI is InChI=1S/C5H9FO4/c6-1-2-3(7)4(8)5(9)10-2/h2-5,7-9H,1H2/t2-,3-,4-,5+/m1/s1. The molecule has 0 saturated carbocycles. The maximum Gasteiger partial charge on any atom is 0.184 e. The van der Waals surface area contributed by atoms with Crippen molar-refractivity contribution in [1.82, 2.24) is 0 Å². The Bertz CT molecular complexity index is 120. The van der Waals surface area contributed by atoms with Gasteiger partial charge in [-0.3, -0.25) is 0 Å². The smallest absolute Gasteiger partial charge is 0.184 e. The first-order valence-corrected chi connectivity index (χ1v) is 2.92. The highest BCUT2D eigenvalue weighted by Crippen LogP contribution is 2.19. The fourth-order valence-corrected chi connectivity index (χ4v) is 0.856. The van der Waals surface area contributed by atoms with Crippen LogP contribution in [0.4, 0.5) is 4.39 Å². The highest BCUT2D eigenvalue weighted by molar-refractivity contribution is 4.84. The third-order valence-corrected chi connectivity index (χ3v) is 1.49. The van der Waals surface area contributed by atoms with Crippen molar-refractivity contribution in [1.29, 1.82) is 0 Å². The molecule has 0 aromatic rings. The predicted molar refractivity (Wildman–Crippen MR) is 28.9 cm³/mol. The number of alkyl halides is 1. The van der Waals surface area contributed by atoms with Crippen molar-refractivity contribution in [2.75, 3.05) is 6.67 Å². The van der Waals surface area contributed by atoms with Crippen LogP contribution in [0.25, 0.3) is 0 Å². The van der Waals surface area contributed by atoms with Crippen LogP contribution in [0.1, 0.15) is 0 Å². The molecule has 1 rings (SSSR count). The maximum absolute atomic E-state index is 11.8. The summed E-state index contributed by atoms with van der Waals surface area (Å²) in [7, 11) is 0. The van der Waals surface area contributed by atoms with Gasteiger partial charge in [-0.25, -0.2) is 4.39 Å². The summed E-state index contributed by atoms with van der Waals surface area (Å²) in [6, 6.07) is 0. The average Bonchev–Trinajstić information content (AvgIpc) is 2.17. The SMILES string of the molecule is O[C@@H]1[C@H](O)[C@@H](CF)O[C@@H]1O. The third-order valence-electron chi connectivity index (χ3n) is 1.49. The molecule has 0 aliphatic carbocycles. The van der Waals surface area contributed by atoms with Gasteiger partial charge < -0.3 is 20.1 Å². The number of ether oxygens (including phenoxy) is 1. The summed E-state index contributed by atoms with van der Waals surface area (Å²) in [6.45, 7) is -0.907. The lowest BCUT2D eigenvalue weighted by molar-refractivity contribution is -0.129. The first-order chi connectivity index (χ1) is 4.66. The van der Waals surface area contributed by atoms with Crippen molar-refractivity contribution < 1.29 is 24.4 Å². The van der Waals surface area contributed by atoms with E-state index in [1.807, 2.05) is 0 Å². The van der Waals surface area contributed by atoms with Crippen LogP contribution in [0.2, 0.25) is 0 Å². The summed E-state index contributed by atoms with van der Waals surface area (Å²) in [5.41, 5.74) is 0. The summed E-state index contributed by atoms with van der Waals surface area (Å²) in [5.74, 6) is 0. The highest BCUT2D eigenvalue weighted by atomic mass is 19.1. The minimum Gasteiger partial charge on any atom is -0.387 e. The topological polar surface area (TPSA) is 69.9 Å². The molecule has 0 bridgehead atoms. The fourth-order valence-electron chi connectivity index (χ4n) is 0.856. The van der Waals surface area contributed by atoms with Gasteiger partial charge in [0.15, 0.2) is 6.29 Å². The van der Waals surface area contributed by atoms with Gasteiger partial charge in [0.05, 0.1) is 0 Å². The maximum atomic E-state index is 11.8. The molecule has 1 aliphatic rings. The van der Waals surface area contributed by atoms with E-state index in [1.165, 1.54) is 0 Å². The van der Waals surface area contributed by atoms with Crippen LogP contribution in [-0.2, 0) is 4.74 Å². The van der Waals surface area contributed by atoms with E-state index in [2.05, 4.69) is 4.74 Å². The van der Waals surface area contributed by atoms with Crippen LogP contribution in [0.5, 0.6) is 0 Å². The van der Waals surface area contributed by atoms with Crippen LogP contribution in [0, 0.1) is 0 Å². The van der Waals surface area contributed by atoms with Gasteiger partial charge in [-0.2, -0.15) is 0 Å².